The SMILES string of the molecule is CC(=O)NC1CCC(c2ccc(C)c(Cl)c2)c2ccccc21. The van der Waals surface area contributed by atoms with Gasteiger partial charge in [0.2, 0.25) is 5.91 Å². The van der Waals surface area contributed by atoms with Crippen LogP contribution in [0.25, 0.3) is 0 Å². The highest BCUT2D eigenvalue weighted by atomic mass is 35.5. The molecule has 0 heterocycles. The van der Waals surface area contributed by atoms with Crippen molar-refractivity contribution >= 4 is 17.5 Å². The smallest absolute Gasteiger partial charge is 0.217 e. The van der Waals surface area contributed by atoms with Crippen LogP contribution in [0.4, 0.5) is 0 Å². The van der Waals surface area contributed by atoms with Crippen LogP contribution in [0.3, 0.4) is 0 Å². The van der Waals surface area contributed by atoms with Crippen LogP contribution in [0.1, 0.15) is 54.0 Å². The van der Waals surface area contributed by atoms with E-state index in [1.54, 1.807) is 6.92 Å². The van der Waals surface area contributed by atoms with Crippen LogP contribution in [0.2, 0.25) is 5.02 Å². The van der Waals surface area contributed by atoms with Crippen LogP contribution in [0.15, 0.2) is 42.5 Å². The van der Waals surface area contributed by atoms with E-state index in [2.05, 4.69) is 41.7 Å². The Morgan fingerprint density at radius 2 is 1.86 bits per heavy atom. The fourth-order valence-electron chi connectivity index (χ4n) is 3.36. The number of carbonyl (C=O) groups excluding carboxylic acids is 1. The van der Waals surface area contributed by atoms with E-state index < -0.39 is 0 Å². The normalized spacial score (nSPS) is 20.3. The quantitative estimate of drug-likeness (QED) is 0.851. The summed E-state index contributed by atoms with van der Waals surface area (Å²) in [5, 5.41) is 3.88. The van der Waals surface area contributed by atoms with Gasteiger partial charge in [-0.3, -0.25) is 4.79 Å². The van der Waals surface area contributed by atoms with Crippen LogP contribution in [0, 0.1) is 6.92 Å². The van der Waals surface area contributed by atoms with Crippen molar-refractivity contribution in [2.45, 2.75) is 38.6 Å². The molecule has 0 saturated heterocycles. The molecule has 22 heavy (non-hydrogen) atoms. The maximum Gasteiger partial charge on any atom is 0.217 e. The molecule has 2 atom stereocenters. The van der Waals surface area contributed by atoms with Crippen molar-refractivity contribution in [1.29, 1.82) is 0 Å². The molecular formula is C19H20ClNO. The second kappa shape index (κ2) is 6.13. The van der Waals surface area contributed by atoms with Gasteiger partial charge in [-0.05, 0) is 48.1 Å². The van der Waals surface area contributed by atoms with Gasteiger partial charge in [0.1, 0.15) is 0 Å². The Morgan fingerprint density at radius 1 is 1.14 bits per heavy atom. The molecule has 1 aliphatic rings. The Hall–Kier alpha value is -1.80. The van der Waals surface area contributed by atoms with E-state index in [0.29, 0.717) is 5.92 Å². The molecule has 114 valence electrons. The molecular weight excluding hydrogens is 294 g/mol. The zero-order chi connectivity index (χ0) is 15.7. The summed E-state index contributed by atoms with van der Waals surface area (Å²) in [6, 6.07) is 14.8. The largest absolute Gasteiger partial charge is 0.350 e. The summed E-state index contributed by atoms with van der Waals surface area (Å²) in [6.45, 7) is 3.60. The molecule has 0 fully saturated rings. The standard InChI is InChI=1S/C19H20ClNO/c1-12-7-8-14(11-18(12)20)15-9-10-19(21-13(2)22)17-6-4-3-5-16(15)17/h3-8,11,15,19H,9-10H2,1-2H3,(H,21,22). The third-order valence-corrected chi connectivity index (χ3v) is 4.87. The molecule has 3 rings (SSSR count). The first-order chi connectivity index (χ1) is 10.6. The van der Waals surface area contributed by atoms with Gasteiger partial charge in [-0.2, -0.15) is 0 Å². The fourth-order valence-corrected chi connectivity index (χ4v) is 3.55. The molecule has 0 saturated carbocycles. The van der Waals surface area contributed by atoms with Gasteiger partial charge < -0.3 is 5.32 Å². The highest BCUT2D eigenvalue weighted by molar-refractivity contribution is 6.31. The molecule has 0 aliphatic heterocycles. The number of amides is 1. The van der Waals surface area contributed by atoms with Gasteiger partial charge in [-0.15, -0.1) is 0 Å². The summed E-state index contributed by atoms with van der Waals surface area (Å²) in [5.41, 5.74) is 4.88. The van der Waals surface area contributed by atoms with Crippen LogP contribution in [-0.2, 0) is 4.79 Å². The first-order valence-corrected chi connectivity index (χ1v) is 8.06. The number of hydrogen-bond acceptors (Lipinski definition) is 1. The van der Waals surface area contributed by atoms with Crippen molar-refractivity contribution in [3.8, 4) is 0 Å². The minimum atomic E-state index is 0.0247. The number of aryl methyl sites for hydroxylation is 1. The summed E-state index contributed by atoms with van der Waals surface area (Å²) < 4.78 is 0. The lowest BCUT2D eigenvalue weighted by atomic mass is 9.76. The van der Waals surface area contributed by atoms with Gasteiger partial charge in [0, 0.05) is 17.9 Å². The number of carbonyl (C=O) groups is 1. The van der Waals surface area contributed by atoms with Crippen LogP contribution in [-0.4, -0.2) is 5.91 Å². The van der Waals surface area contributed by atoms with Crippen molar-refractivity contribution in [2.75, 3.05) is 0 Å². The van der Waals surface area contributed by atoms with E-state index in [9.17, 15) is 4.79 Å². The van der Waals surface area contributed by atoms with Crippen LogP contribution >= 0.6 is 11.6 Å². The van der Waals surface area contributed by atoms with E-state index in [1.165, 1.54) is 16.7 Å². The lowest BCUT2D eigenvalue weighted by molar-refractivity contribution is -0.119. The predicted octanol–water partition coefficient (Wildman–Crippen LogP) is 4.75. The lowest BCUT2D eigenvalue weighted by Gasteiger charge is -2.32. The Kier molecular flexibility index (Phi) is 4.21. The maximum atomic E-state index is 11.4. The second-order valence-corrected chi connectivity index (χ2v) is 6.43. The van der Waals surface area contributed by atoms with Crippen molar-refractivity contribution in [3.63, 3.8) is 0 Å². The zero-order valence-electron chi connectivity index (χ0n) is 12.9. The minimum absolute atomic E-state index is 0.0247. The van der Waals surface area contributed by atoms with Gasteiger partial charge in [0.25, 0.3) is 0 Å². The van der Waals surface area contributed by atoms with Crippen LogP contribution < -0.4 is 5.32 Å². The Morgan fingerprint density at radius 3 is 2.55 bits per heavy atom. The molecule has 0 aromatic heterocycles. The highest BCUT2D eigenvalue weighted by Crippen LogP contribution is 2.41. The molecule has 2 aromatic carbocycles. The molecule has 2 unspecified atom stereocenters. The molecule has 0 bridgehead atoms. The van der Waals surface area contributed by atoms with Gasteiger partial charge >= 0.3 is 0 Å². The summed E-state index contributed by atoms with van der Waals surface area (Å²) in [6.07, 6.45) is 1.97. The second-order valence-electron chi connectivity index (χ2n) is 6.02. The monoisotopic (exact) mass is 313 g/mol. The highest BCUT2D eigenvalue weighted by Gasteiger charge is 2.28. The first-order valence-electron chi connectivity index (χ1n) is 7.68. The summed E-state index contributed by atoms with van der Waals surface area (Å²) in [4.78, 5) is 11.4. The van der Waals surface area contributed by atoms with E-state index >= 15 is 0 Å². The van der Waals surface area contributed by atoms with Gasteiger partial charge in [0.05, 0.1) is 6.04 Å². The molecule has 0 spiro atoms. The van der Waals surface area contributed by atoms with Crippen molar-refractivity contribution < 1.29 is 4.79 Å². The van der Waals surface area contributed by atoms with E-state index in [4.69, 9.17) is 11.6 Å². The van der Waals surface area contributed by atoms with Crippen molar-refractivity contribution in [1.82, 2.24) is 5.32 Å². The molecule has 2 nitrogen and oxygen atoms in total. The zero-order valence-corrected chi connectivity index (χ0v) is 13.7. The number of rotatable bonds is 2. The Labute approximate surface area is 136 Å². The number of nitrogens with one attached hydrogen (secondary N) is 1. The van der Waals surface area contributed by atoms with E-state index in [1.807, 2.05) is 13.0 Å². The summed E-state index contributed by atoms with van der Waals surface area (Å²) in [7, 11) is 0. The number of hydrogen-bond donors (Lipinski definition) is 1. The van der Waals surface area contributed by atoms with Gasteiger partial charge in [0.15, 0.2) is 0 Å². The Bertz CT molecular complexity index is 710. The van der Waals surface area contributed by atoms with Gasteiger partial charge in [-0.25, -0.2) is 0 Å². The molecule has 1 N–H and O–H groups in total. The number of benzene rings is 2. The number of halogens is 1. The Balaban J connectivity index is 2.00. The third-order valence-electron chi connectivity index (χ3n) is 4.47. The molecule has 3 heteroatoms. The number of fused-ring (bicyclic) bond motifs is 1. The molecule has 1 aliphatic carbocycles. The van der Waals surface area contributed by atoms with Crippen molar-refractivity contribution in [2.24, 2.45) is 0 Å². The minimum Gasteiger partial charge on any atom is -0.350 e. The predicted molar refractivity (Wildman–Crippen MR) is 90.3 cm³/mol. The lowest BCUT2D eigenvalue weighted by Crippen LogP contribution is -2.30. The molecule has 1 amide bonds. The summed E-state index contributed by atoms with van der Waals surface area (Å²) in [5.74, 6) is 0.371. The third kappa shape index (κ3) is 2.89. The fraction of sp³-hybridized carbons (Fsp3) is 0.316. The molecule has 2 aromatic rings. The van der Waals surface area contributed by atoms with E-state index in [-0.39, 0.29) is 11.9 Å². The average Bonchev–Trinajstić information content (AvgIpc) is 2.50. The first kappa shape index (κ1) is 15.1. The van der Waals surface area contributed by atoms with E-state index in [0.717, 1.165) is 23.4 Å². The maximum absolute atomic E-state index is 11.4. The molecule has 0 radical (unpaired) electrons. The average molecular weight is 314 g/mol. The topological polar surface area (TPSA) is 29.1 Å². The van der Waals surface area contributed by atoms with Crippen molar-refractivity contribution in [3.05, 3.63) is 69.7 Å². The van der Waals surface area contributed by atoms with Crippen LogP contribution in [0.5, 0.6) is 0 Å². The summed E-state index contributed by atoms with van der Waals surface area (Å²) >= 11 is 6.30. The van der Waals surface area contributed by atoms with Gasteiger partial charge in [-0.1, -0.05) is 48.0 Å².